The largest absolute Gasteiger partial charge is 0.489 e. The number of ether oxygens (including phenoxy) is 2. The van der Waals surface area contributed by atoms with Crippen molar-refractivity contribution >= 4 is 50.6 Å². The molecular weight excluding hydrogens is 379 g/mol. The van der Waals surface area contributed by atoms with Crippen LogP contribution in [0.3, 0.4) is 0 Å². The normalized spacial score (nSPS) is 10.8. The molecular formula is C19H16Cl2O3S. The second kappa shape index (κ2) is 8.09. The van der Waals surface area contributed by atoms with E-state index in [0.717, 1.165) is 27.0 Å². The van der Waals surface area contributed by atoms with Crippen LogP contribution in [0.5, 0.6) is 5.75 Å². The smallest absolute Gasteiger partial charge is 0.310 e. The lowest BCUT2D eigenvalue weighted by molar-refractivity contribution is -0.142. The molecule has 0 atom stereocenters. The van der Waals surface area contributed by atoms with Crippen molar-refractivity contribution in [2.75, 3.05) is 6.61 Å². The highest BCUT2D eigenvalue weighted by molar-refractivity contribution is 7.17. The summed E-state index contributed by atoms with van der Waals surface area (Å²) in [4.78, 5) is 11.7. The third-order valence-corrected chi connectivity index (χ3v) is 5.26. The first-order chi connectivity index (χ1) is 12.1. The minimum atomic E-state index is -0.208. The van der Waals surface area contributed by atoms with E-state index in [0.29, 0.717) is 23.3 Å². The van der Waals surface area contributed by atoms with E-state index >= 15 is 0 Å². The van der Waals surface area contributed by atoms with E-state index in [2.05, 4.69) is 0 Å². The summed E-state index contributed by atoms with van der Waals surface area (Å²) in [5.74, 6) is 0.544. The van der Waals surface area contributed by atoms with E-state index in [4.69, 9.17) is 32.7 Å². The van der Waals surface area contributed by atoms with Crippen LogP contribution in [0.4, 0.5) is 0 Å². The number of thiophene rings is 1. The van der Waals surface area contributed by atoms with E-state index in [1.165, 1.54) is 0 Å². The van der Waals surface area contributed by atoms with Crippen LogP contribution >= 0.6 is 34.5 Å². The molecule has 3 nitrogen and oxygen atoms in total. The van der Waals surface area contributed by atoms with Gasteiger partial charge < -0.3 is 9.47 Å². The molecule has 3 rings (SSSR count). The maximum Gasteiger partial charge on any atom is 0.310 e. The summed E-state index contributed by atoms with van der Waals surface area (Å²) in [7, 11) is 0. The average Bonchev–Trinajstić information content (AvgIpc) is 2.96. The van der Waals surface area contributed by atoms with Gasteiger partial charge in [0.15, 0.2) is 0 Å². The molecule has 130 valence electrons. The van der Waals surface area contributed by atoms with E-state index < -0.39 is 0 Å². The molecule has 0 unspecified atom stereocenters. The van der Waals surface area contributed by atoms with Gasteiger partial charge in [-0.1, -0.05) is 29.3 Å². The van der Waals surface area contributed by atoms with Crippen molar-refractivity contribution in [1.29, 1.82) is 0 Å². The van der Waals surface area contributed by atoms with Crippen LogP contribution in [-0.4, -0.2) is 12.6 Å². The molecule has 0 radical (unpaired) electrons. The molecule has 0 saturated heterocycles. The first-order valence-corrected chi connectivity index (χ1v) is 9.43. The molecule has 0 aliphatic heterocycles. The molecule has 0 spiro atoms. The van der Waals surface area contributed by atoms with Crippen molar-refractivity contribution < 1.29 is 14.3 Å². The van der Waals surface area contributed by atoms with Crippen LogP contribution < -0.4 is 4.74 Å². The lowest BCUT2D eigenvalue weighted by Crippen LogP contribution is -2.06. The molecule has 1 heterocycles. The van der Waals surface area contributed by atoms with Crippen molar-refractivity contribution in [1.82, 2.24) is 0 Å². The molecule has 3 aromatic rings. The number of benzene rings is 2. The molecule has 1 aromatic heterocycles. The molecule has 6 heteroatoms. The Hall–Kier alpha value is -1.75. The van der Waals surface area contributed by atoms with Crippen LogP contribution in [0.2, 0.25) is 10.0 Å². The summed E-state index contributed by atoms with van der Waals surface area (Å²) in [6.07, 6.45) is 0.286. The van der Waals surface area contributed by atoms with Gasteiger partial charge in [0.25, 0.3) is 0 Å². The highest BCUT2D eigenvalue weighted by atomic mass is 35.5. The Morgan fingerprint density at radius 1 is 1.12 bits per heavy atom. The van der Waals surface area contributed by atoms with Gasteiger partial charge in [0.1, 0.15) is 12.4 Å². The number of carbonyl (C=O) groups excluding carboxylic acids is 1. The van der Waals surface area contributed by atoms with E-state index in [1.54, 1.807) is 30.4 Å². The van der Waals surface area contributed by atoms with Crippen molar-refractivity contribution in [3.8, 4) is 5.75 Å². The quantitative estimate of drug-likeness (QED) is 0.488. The number of fused-ring (bicyclic) bond motifs is 1. The van der Waals surface area contributed by atoms with Gasteiger partial charge in [-0.05, 0) is 53.6 Å². The second-order valence-corrected chi connectivity index (χ2v) is 7.18. The summed E-state index contributed by atoms with van der Waals surface area (Å²) in [6, 6.07) is 11.2. The van der Waals surface area contributed by atoms with Crippen LogP contribution in [0.25, 0.3) is 10.1 Å². The highest BCUT2D eigenvalue weighted by Gasteiger charge is 2.11. The average molecular weight is 395 g/mol. The number of esters is 1. The van der Waals surface area contributed by atoms with Gasteiger partial charge in [0.05, 0.1) is 13.0 Å². The first-order valence-electron chi connectivity index (χ1n) is 7.79. The maximum absolute atomic E-state index is 11.7. The molecule has 0 aliphatic rings. The Morgan fingerprint density at radius 2 is 1.96 bits per heavy atom. The molecule has 0 fully saturated rings. The van der Waals surface area contributed by atoms with Gasteiger partial charge in [-0.25, -0.2) is 0 Å². The van der Waals surface area contributed by atoms with Gasteiger partial charge >= 0.3 is 5.97 Å². The minimum absolute atomic E-state index is 0.208. The second-order valence-electron chi connectivity index (χ2n) is 5.43. The molecule has 0 aliphatic carbocycles. The lowest BCUT2D eigenvalue weighted by Gasteiger charge is -2.08. The van der Waals surface area contributed by atoms with E-state index in [9.17, 15) is 4.79 Å². The van der Waals surface area contributed by atoms with E-state index in [-0.39, 0.29) is 12.4 Å². The first kappa shape index (κ1) is 18.1. The predicted octanol–water partition coefficient (Wildman–Crippen LogP) is 5.89. The van der Waals surface area contributed by atoms with Crippen LogP contribution in [0, 0.1) is 0 Å². The van der Waals surface area contributed by atoms with Crippen LogP contribution in [0.1, 0.15) is 18.1 Å². The summed E-state index contributed by atoms with van der Waals surface area (Å²) in [5, 5.41) is 4.22. The Morgan fingerprint density at radius 3 is 2.72 bits per heavy atom. The van der Waals surface area contributed by atoms with Crippen LogP contribution in [-0.2, 0) is 22.6 Å². The predicted molar refractivity (Wildman–Crippen MR) is 103 cm³/mol. The summed E-state index contributed by atoms with van der Waals surface area (Å²) in [6.45, 7) is 2.56. The number of hydrogen-bond acceptors (Lipinski definition) is 4. The Balaban J connectivity index is 1.72. The van der Waals surface area contributed by atoms with Crippen LogP contribution in [0.15, 0.2) is 41.8 Å². The monoisotopic (exact) mass is 394 g/mol. The highest BCUT2D eigenvalue weighted by Crippen LogP contribution is 2.31. The summed E-state index contributed by atoms with van der Waals surface area (Å²) < 4.78 is 11.9. The fourth-order valence-electron chi connectivity index (χ4n) is 2.46. The zero-order chi connectivity index (χ0) is 17.8. The van der Waals surface area contributed by atoms with Gasteiger partial charge in [-0.3, -0.25) is 4.79 Å². The number of hydrogen-bond donors (Lipinski definition) is 0. The molecule has 0 amide bonds. The number of rotatable bonds is 6. The van der Waals surface area contributed by atoms with E-state index in [1.807, 2.05) is 29.6 Å². The third-order valence-electron chi connectivity index (χ3n) is 3.68. The summed E-state index contributed by atoms with van der Waals surface area (Å²) in [5.41, 5.74) is 1.85. The van der Waals surface area contributed by atoms with Gasteiger partial charge in [0, 0.05) is 20.3 Å². The van der Waals surface area contributed by atoms with Crippen molar-refractivity contribution in [2.24, 2.45) is 0 Å². The Labute approximate surface area is 160 Å². The lowest BCUT2D eigenvalue weighted by atomic mass is 10.1. The van der Waals surface area contributed by atoms with Crippen molar-refractivity contribution in [3.63, 3.8) is 0 Å². The van der Waals surface area contributed by atoms with Crippen molar-refractivity contribution in [3.05, 3.63) is 63.0 Å². The topological polar surface area (TPSA) is 35.5 Å². The van der Waals surface area contributed by atoms with Crippen molar-refractivity contribution in [2.45, 2.75) is 20.0 Å². The number of carbonyl (C=O) groups is 1. The molecule has 2 aromatic carbocycles. The van der Waals surface area contributed by atoms with Gasteiger partial charge in [-0.2, -0.15) is 0 Å². The van der Waals surface area contributed by atoms with Gasteiger partial charge in [-0.15, -0.1) is 11.3 Å². The summed E-state index contributed by atoms with van der Waals surface area (Å²) >= 11 is 13.6. The number of halogens is 2. The SMILES string of the molecule is CCOC(=O)Cc1csc2cc(OCc3ccc(Cl)cc3Cl)ccc12. The fraction of sp³-hybridized carbons (Fsp3) is 0.211. The molecule has 25 heavy (non-hydrogen) atoms. The minimum Gasteiger partial charge on any atom is -0.489 e. The standard InChI is InChI=1S/C19H16Cl2O3S/c1-2-23-19(22)7-13-11-25-18-9-15(5-6-16(13)18)24-10-12-3-4-14(20)8-17(12)21/h3-6,8-9,11H,2,7,10H2,1H3. The fourth-order valence-corrected chi connectivity index (χ4v) is 3.91. The molecule has 0 N–H and O–H groups in total. The molecule has 0 bridgehead atoms. The van der Waals surface area contributed by atoms with Gasteiger partial charge in [0.2, 0.25) is 0 Å². The Kier molecular flexibility index (Phi) is 5.84. The maximum atomic E-state index is 11.7. The zero-order valence-corrected chi connectivity index (χ0v) is 15.9. The zero-order valence-electron chi connectivity index (χ0n) is 13.6. The Bertz CT molecular complexity index is 905. The third kappa shape index (κ3) is 4.46. The molecule has 0 saturated carbocycles.